The number of rotatable bonds is 3. The average molecular weight is 303 g/mol. The summed E-state index contributed by atoms with van der Waals surface area (Å²) in [5.74, 6) is -0.609. The van der Waals surface area contributed by atoms with Crippen molar-refractivity contribution in [3.63, 3.8) is 0 Å². The summed E-state index contributed by atoms with van der Waals surface area (Å²) in [5, 5.41) is 16.5. The summed E-state index contributed by atoms with van der Waals surface area (Å²) in [4.78, 5) is 12.2. The number of para-hydroxylation sites is 1. The Hall–Kier alpha value is -2.21. The highest BCUT2D eigenvalue weighted by Crippen LogP contribution is 2.19. The van der Waals surface area contributed by atoms with Gasteiger partial charge in [-0.25, -0.2) is 9.07 Å². The lowest BCUT2D eigenvalue weighted by atomic mass is 9.93. The van der Waals surface area contributed by atoms with E-state index in [0.29, 0.717) is 24.1 Å². The zero-order chi connectivity index (χ0) is 15.5. The minimum atomic E-state index is -0.390. The maximum atomic E-state index is 13.7. The van der Waals surface area contributed by atoms with Crippen LogP contribution < -0.4 is 5.32 Å². The molecule has 0 saturated heterocycles. The van der Waals surface area contributed by atoms with Crippen molar-refractivity contribution in [1.29, 1.82) is 0 Å². The van der Waals surface area contributed by atoms with E-state index in [-0.39, 0.29) is 23.9 Å². The van der Waals surface area contributed by atoms with Crippen molar-refractivity contribution >= 4 is 5.91 Å². The average Bonchev–Trinajstić information content (AvgIpc) is 3.00. The molecule has 1 aromatic heterocycles. The van der Waals surface area contributed by atoms with Gasteiger partial charge >= 0.3 is 0 Å². The molecule has 5 nitrogen and oxygen atoms in total. The van der Waals surface area contributed by atoms with Gasteiger partial charge in [0.1, 0.15) is 11.5 Å². The Morgan fingerprint density at radius 3 is 2.73 bits per heavy atom. The highest BCUT2D eigenvalue weighted by Gasteiger charge is 2.22. The Kier molecular flexibility index (Phi) is 4.20. The molecule has 1 fully saturated rings. The molecule has 0 aliphatic heterocycles. The molecule has 0 radical (unpaired) electrons. The van der Waals surface area contributed by atoms with E-state index in [2.05, 4.69) is 10.4 Å². The van der Waals surface area contributed by atoms with Gasteiger partial charge in [0.05, 0.1) is 17.9 Å². The molecule has 22 heavy (non-hydrogen) atoms. The maximum Gasteiger partial charge on any atom is 0.254 e. The number of nitrogens with one attached hydrogen (secondary N) is 1. The van der Waals surface area contributed by atoms with E-state index in [1.54, 1.807) is 18.2 Å². The van der Waals surface area contributed by atoms with Crippen molar-refractivity contribution in [3.05, 3.63) is 48.0 Å². The van der Waals surface area contributed by atoms with E-state index in [9.17, 15) is 14.3 Å². The van der Waals surface area contributed by atoms with Crippen LogP contribution in [0.2, 0.25) is 0 Å². The summed E-state index contributed by atoms with van der Waals surface area (Å²) >= 11 is 0. The molecule has 3 rings (SSSR count). The summed E-state index contributed by atoms with van der Waals surface area (Å²) in [6.45, 7) is 0. The lowest BCUT2D eigenvalue weighted by Crippen LogP contribution is -2.38. The number of aliphatic hydroxyl groups is 1. The van der Waals surface area contributed by atoms with Gasteiger partial charge in [0.15, 0.2) is 0 Å². The molecule has 6 heteroatoms. The van der Waals surface area contributed by atoms with Crippen molar-refractivity contribution in [2.24, 2.45) is 0 Å². The maximum absolute atomic E-state index is 13.7. The second kappa shape index (κ2) is 6.27. The molecule has 0 spiro atoms. The number of halogens is 1. The third kappa shape index (κ3) is 3.17. The molecule has 116 valence electrons. The van der Waals surface area contributed by atoms with E-state index in [0.717, 1.165) is 12.8 Å². The molecule has 1 heterocycles. The highest BCUT2D eigenvalue weighted by atomic mass is 19.1. The van der Waals surface area contributed by atoms with Gasteiger partial charge in [0, 0.05) is 12.2 Å². The number of amides is 1. The zero-order valence-electron chi connectivity index (χ0n) is 12.1. The summed E-state index contributed by atoms with van der Waals surface area (Å²) in [7, 11) is 0. The minimum Gasteiger partial charge on any atom is -0.393 e. The first kappa shape index (κ1) is 14.7. The summed E-state index contributed by atoms with van der Waals surface area (Å²) in [6, 6.07) is 6.35. The molecule has 2 aromatic rings. The Bertz CT molecular complexity index is 663. The van der Waals surface area contributed by atoms with Crippen LogP contribution in [0.3, 0.4) is 0 Å². The highest BCUT2D eigenvalue weighted by molar-refractivity contribution is 5.94. The molecule has 1 saturated carbocycles. The van der Waals surface area contributed by atoms with E-state index in [1.807, 2.05) is 0 Å². The van der Waals surface area contributed by atoms with Crippen LogP contribution in [0.15, 0.2) is 36.7 Å². The van der Waals surface area contributed by atoms with Crippen molar-refractivity contribution in [3.8, 4) is 5.69 Å². The largest absolute Gasteiger partial charge is 0.393 e. The van der Waals surface area contributed by atoms with Gasteiger partial charge in [0.25, 0.3) is 5.91 Å². The first-order valence-corrected chi connectivity index (χ1v) is 7.42. The molecule has 0 atom stereocenters. The summed E-state index contributed by atoms with van der Waals surface area (Å²) in [5.41, 5.74) is 0.705. The second-order valence-corrected chi connectivity index (χ2v) is 5.60. The number of aromatic nitrogens is 2. The van der Waals surface area contributed by atoms with E-state index >= 15 is 0 Å². The van der Waals surface area contributed by atoms with Crippen LogP contribution in [-0.4, -0.2) is 32.9 Å². The van der Waals surface area contributed by atoms with E-state index in [1.165, 1.54) is 23.1 Å². The van der Waals surface area contributed by atoms with Gasteiger partial charge in [-0.3, -0.25) is 4.79 Å². The molecule has 1 aliphatic rings. The first-order valence-electron chi connectivity index (χ1n) is 7.42. The number of aliphatic hydroxyl groups excluding tert-OH is 1. The van der Waals surface area contributed by atoms with Gasteiger partial charge < -0.3 is 10.4 Å². The van der Waals surface area contributed by atoms with E-state index in [4.69, 9.17) is 0 Å². The molecule has 0 unspecified atom stereocenters. The van der Waals surface area contributed by atoms with Crippen LogP contribution in [0.5, 0.6) is 0 Å². The van der Waals surface area contributed by atoms with Crippen LogP contribution >= 0.6 is 0 Å². The Morgan fingerprint density at radius 2 is 2.00 bits per heavy atom. The monoisotopic (exact) mass is 303 g/mol. The molecular formula is C16H18FN3O2. The molecule has 1 amide bonds. The Balaban J connectivity index is 1.68. The molecule has 2 N–H and O–H groups in total. The van der Waals surface area contributed by atoms with Crippen molar-refractivity contribution in [2.75, 3.05) is 0 Å². The minimum absolute atomic E-state index is 0.0766. The predicted molar refractivity (Wildman–Crippen MR) is 79.3 cm³/mol. The lowest BCUT2D eigenvalue weighted by molar-refractivity contribution is 0.0867. The van der Waals surface area contributed by atoms with Gasteiger partial charge in [0.2, 0.25) is 0 Å². The SMILES string of the molecule is O=C(NC1CCC(O)CC1)c1cnn(-c2ccccc2F)c1. The Labute approximate surface area is 127 Å². The Morgan fingerprint density at radius 1 is 1.27 bits per heavy atom. The third-order valence-electron chi connectivity index (χ3n) is 3.98. The zero-order valence-corrected chi connectivity index (χ0v) is 12.1. The fraction of sp³-hybridized carbons (Fsp3) is 0.375. The fourth-order valence-corrected chi connectivity index (χ4v) is 2.70. The van der Waals surface area contributed by atoms with Gasteiger partial charge in [-0.05, 0) is 37.8 Å². The molecular weight excluding hydrogens is 285 g/mol. The summed E-state index contributed by atoms with van der Waals surface area (Å²) < 4.78 is 15.1. The fourth-order valence-electron chi connectivity index (χ4n) is 2.70. The predicted octanol–water partition coefficient (Wildman–Crippen LogP) is 2.04. The number of hydrogen-bond donors (Lipinski definition) is 2. The normalized spacial score (nSPS) is 21.5. The standard InChI is InChI=1S/C16H18FN3O2/c17-14-3-1-2-4-15(14)20-10-11(9-18-20)16(22)19-12-5-7-13(21)8-6-12/h1-4,9-10,12-13,21H,5-8H2,(H,19,22). The van der Waals surface area contributed by atoms with Gasteiger partial charge in [-0.15, -0.1) is 0 Å². The quantitative estimate of drug-likeness (QED) is 0.912. The lowest BCUT2D eigenvalue weighted by Gasteiger charge is -2.25. The molecule has 1 aliphatic carbocycles. The molecule has 1 aromatic carbocycles. The molecule has 0 bridgehead atoms. The topological polar surface area (TPSA) is 67.2 Å². The second-order valence-electron chi connectivity index (χ2n) is 5.60. The summed E-state index contributed by atoms with van der Waals surface area (Å²) in [6.07, 6.45) is 5.66. The number of carbonyl (C=O) groups is 1. The number of benzene rings is 1. The van der Waals surface area contributed by atoms with E-state index < -0.39 is 0 Å². The van der Waals surface area contributed by atoms with Gasteiger partial charge in [-0.1, -0.05) is 12.1 Å². The van der Waals surface area contributed by atoms with Crippen molar-refractivity contribution < 1.29 is 14.3 Å². The number of hydrogen-bond acceptors (Lipinski definition) is 3. The van der Waals surface area contributed by atoms with Gasteiger partial charge in [-0.2, -0.15) is 5.10 Å². The van der Waals surface area contributed by atoms with Crippen molar-refractivity contribution in [1.82, 2.24) is 15.1 Å². The van der Waals surface area contributed by atoms with Crippen LogP contribution in [0.4, 0.5) is 4.39 Å². The van der Waals surface area contributed by atoms with Crippen LogP contribution in [0.1, 0.15) is 36.0 Å². The number of nitrogens with zero attached hydrogens (tertiary/aromatic N) is 2. The first-order chi connectivity index (χ1) is 10.6. The number of carbonyl (C=O) groups excluding carboxylic acids is 1. The smallest absolute Gasteiger partial charge is 0.254 e. The third-order valence-corrected chi connectivity index (χ3v) is 3.98. The van der Waals surface area contributed by atoms with Crippen LogP contribution in [0.25, 0.3) is 5.69 Å². The van der Waals surface area contributed by atoms with Crippen LogP contribution in [-0.2, 0) is 0 Å². The van der Waals surface area contributed by atoms with Crippen LogP contribution in [0, 0.1) is 5.82 Å². The van der Waals surface area contributed by atoms with Crippen molar-refractivity contribution in [2.45, 2.75) is 37.8 Å².